The van der Waals surface area contributed by atoms with Gasteiger partial charge in [-0.1, -0.05) is 36.4 Å². The fraction of sp³-hybridized carbons (Fsp3) is 0.444. The first-order valence-electron chi connectivity index (χ1n) is 26.3. The van der Waals surface area contributed by atoms with Gasteiger partial charge in [0.2, 0.25) is 11.6 Å². The SMILES string of the molecule is COCCOCCOCCOCCC1(C)C(/C=C/C=C/C=C/C=C2/N(CCOC)c3cc(S(=O)(=O)O)c4ccc(S(=O)(=O)O)cc4c3C2(C)CCCS(=O)(=O)O)=[N+](CCCCCC(=O)NN)c2ccc3c(S(=O)(=O)O)cc(S(=O)(=O)O)cc3c21. The van der Waals surface area contributed by atoms with Crippen molar-refractivity contribution in [3.05, 3.63) is 108 Å². The van der Waals surface area contributed by atoms with Gasteiger partial charge >= 0.3 is 0 Å². The number of nitrogens with zero attached hydrogens (tertiary/aromatic N) is 2. The summed E-state index contributed by atoms with van der Waals surface area (Å²) in [4.78, 5) is 11.0. The number of ether oxygens (including phenoxy) is 5. The lowest BCUT2D eigenvalue weighted by atomic mass is 9.75. The van der Waals surface area contributed by atoms with Gasteiger partial charge in [0.25, 0.3) is 50.6 Å². The van der Waals surface area contributed by atoms with E-state index in [0.717, 1.165) is 24.3 Å². The number of amides is 1. The van der Waals surface area contributed by atoms with Crippen LogP contribution in [-0.4, -0.2) is 167 Å². The maximum atomic E-state index is 13.0. The zero-order valence-electron chi connectivity index (χ0n) is 46.7. The molecule has 0 bridgehead atoms. The van der Waals surface area contributed by atoms with Gasteiger partial charge in [-0.05, 0) is 105 Å². The van der Waals surface area contributed by atoms with Crippen molar-refractivity contribution in [2.75, 3.05) is 90.8 Å². The van der Waals surface area contributed by atoms with Crippen LogP contribution in [0.25, 0.3) is 21.5 Å². The molecule has 0 saturated carbocycles. The zero-order chi connectivity index (χ0) is 61.9. The lowest BCUT2D eigenvalue weighted by molar-refractivity contribution is -0.438. The standard InChI is InChI=1S/C54H70N4O21S5/c1-53(21-13-33-80(60,61)62)48(58(24-26-75-3)45-37-47(84(72,73)74)40-18-17-38(81(63,64)65)34-42(40)52(45)53)14-9-6-5-7-10-15-49-54(2,22-25-77-29-30-79-32-31-78-28-27-76-4)51-43-35-39(82(66,67)68)36-46(83(69,70)71)41(43)19-20-44(51)57(49)23-12-8-11-16-50(59)56-55/h5-7,9-10,14-15,17-20,34-37H,8,11-13,16,21-33,55H2,1-4H3,(H5-,56,59,60,61,62,63,64,65,66,67,68,69,70,71,72,73,74)/p+1. The third kappa shape index (κ3) is 16.6. The van der Waals surface area contributed by atoms with Gasteiger partial charge in [-0.2, -0.15) is 46.7 Å². The van der Waals surface area contributed by atoms with Crippen LogP contribution < -0.4 is 16.2 Å². The van der Waals surface area contributed by atoms with Crippen molar-refractivity contribution in [1.82, 2.24) is 5.43 Å². The molecule has 462 valence electrons. The summed E-state index contributed by atoms with van der Waals surface area (Å²) >= 11 is 0. The van der Waals surface area contributed by atoms with Crippen LogP contribution in [0.2, 0.25) is 0 Å². The number of nitrogens with two attached hydrogens (primary N) is 1. The number of hydrogen-bond donors (Lipinski definition) is 7. The number of anilines is 1. The number of nitrogens with one attached hydrogen (secondary N) is 1. The van der Waals surface area contributed by atoms with Crippen molar-refractivity contribution in [3.63, 3.8) is 0 Å². The summed E-state index contributed by atoms with van der Waals surface area (Å²) in [5, 5.41) is 0.00108. The van der Waals surface area contributed by atoms with E-state index in [1.165, 1.54) is 19.2 Å². The van der Waals surface area contributed by atoms with E-state index in [2.05, 4.69) is 5.43 Å². The van der Waals surface area contributed by atoms with E-state index in [4.69, 9.17) is 29.5 Å². The highest BCUT2D eigenvalue weighted by Crippen LogP contribution is 2.55. The summed E-state index contributed by atoms with van der Waals surface area (Å²) in [5.41, 5.74) is 2.37. The van der Waals surface area contributed by atoms with Crippen molar-refractivity contribution in [1.29, 1.82) is 0 Å². The molecule has 84 heavy (non-hydrogen) atoms. The van der Waals surface area contributed by atoms with Gasteiger partial charge in [-0.25, -0.2) is 5.84 Å². The summed E-state index contributed by atoms with van der Waals surface area (Å²) in [6.45, 7) is 6.00. The summed E-state index contributed by atoms with van der Waals surface area (Å²) < 4.78 is 207. The minimum absolute atomic E-state index is 0.00920. The molecule has 2 unspecified atom stereocenters. The molecule has 2 heterocycles. The highest BCUT2D eigenvalue weighted by molar-refractivity contribution is 7.87. The molecule has 0 radical (unpaired) electrons. The summed E-state index contributed by atoms with van der Waals surface area (Å²) in [7, 11) is -21.4. The second-order valence-electron chi connectivity index (χ2n) is 20.2. The Balaban J connectivity index is 1.45. The third-order valence-corrected chi connectivity index (χ3v) is 18.8. The van der Waals surface area contributed by atoms with E-state index in [9.17, 15) is 69.6 Å². The van der Waals surface area contributed by atoms with E-state index >= 15 is 0 Å². The molecule has 2 atom stereocenters. The highest BCUT2D eigenvalue weighted by Gasteiger charge is 2.49. The van der Waals surface area contributed by atoms with Gasteiger partial charge in [-0.3, -0.25) is 33.0 Å². The number of fused-ring (bicyclic) bond motifs is 6. The van der Waals surface area contributed by atoms with Gasteiger partial charge in [0, 0.05) is 85.5 Å². The second kappa shape index (κ2) is 28.4. The van der Waals surface area contributed by atoms with Crippen LogP contribution in [0.4, 0.5) is 11.4 Å². The number of benzene rings is 4. The molecule has 4 aromatic rings. The van der Waals surface area contributed by atoms with Gasteiger partial charge in [0.1, 0.15) is 16.3 Å². The third-order valence-electron chi connectivity index (χ3n) is 14.6. The second-order valence-corrected chi connectivity index (χ2v) is 27.4. The van der Waals surface area contributed by atoms with Crippen LogP contribution in [0.5, 0.6) is 0 Å². The average molecular weight is 1270 g/mol. The molecule has 30 heteroatoms. The Morgan fingerprint density at radius 1 is 0.595 bits per heavy atom. The normalized spacial score (nSPS) is 18.5. The number of carbonyl (C=O) groups is 1. The molecule has 2 aliphatic rings. The number of unbranched alkanes of at least 4 members (excludes halogenated alkanes) is 2. The quantitative estimate of drug-likeness (QED) is 0.00579. The number of hydrazine groups is 1. The Morgan fingerprint density at radius 2 is 1.15 bits per heavy atom. The Labute approximate surface area is 489 Å². The molecular formula is C54H71N4O21S5+. The Kier molecular flexibility index (Phi) is 22.9. The summed E-state index contributed by atoms with van der Waals surface area (Å²) in [5.74, 6) is 4.29. The van der Waals surface area contributed by atoms with Crippen LogP contribution in [0, 0.1) is 0 Å². The van der Waals surface area contributed by atoms with Gasteiger partial charge in [0.05, 0.1) is 67.2 Å². The molecule has 0 aliphatic carbocycles. The zero-order valence-corrected chi connectivity index (χ0v) is 50.8. The lowest BCUT2D eigenvalue weighted by Crippen LogP contribution is -2.33. The number of allylic oxidation sites excluding steroid dienone is 8. The predicted molar refractivity (Wildman–Crippen MR) is 312 cm³/mol. The molecule has 0 spiro atoms. The van der Waals surface area contributed by atoms with Crippen molar-refractivity contribution in [3.8, 4) is 0 Å². The van der Waals surface area contributed by atoms with Crippen LogP contribution in [0.1, 0.15) is 69.9 Å². The average Bonchev–Trinajstić information content (AvgIpc) is 1.55. The van der Waals surface area contributed by atoms with E-state index in [-0.39, 0.29) is 91.8 Å². The first kappa shape index (κ1) is 67.7. The van der Waals surface area contributed by atoms with Crippen molar-refractivity contribution >= 4 is 95.1 Å². The minimum atomic E-state index is -5.08. The molecule has 4 aromatic carbocycles. The number of methoxy groups -OCH3 is 2. The van der Waals surface area contributed by atoms with Crippen molar-refractivity contribution in [2.24, 2.45) is 5.84 Å². The van der Waals surface area contributed by atoms with Crippen LogP contribution in [0.15, 0.2) is 116 Å². The van der Waals surface area contributed by atoms with E-state index < -0.39 is 86.8 Å². The summed E-state index contributed by atoms with van der Waals surface area (Å²) in [6.07, 6.45) is 13.7. The van der Waals surface area contributed by atoms with Gasteiger partial charge in [-0.15, -0.1) is 0 Å². The smallest absolute Gasteiger partial charge is 0.295 e. The number of rotatable bonds is 33. The van der Waals surface area contributed by atoms with Crippen LogP contribution in [-0.2, 0) is 89.9 Å². The number of carbonyl (C=O) groups excluding carboxylic acids is 1. The maximum Gasteiger partial charge on any atom is 0.295 e. The van der Waals surface area contributed by atoms with E-state index in [1.807, 2.05) is 17.6 Å². The Morgan fingerprint density at radius 3 is 1.75 bits per heavy atom. The molecule has 8 N–H and O–H groups in total. The summed E-state index contributed by atoms with van der Waals surface area (Å²) in [6, 6.07) is 9.33. The minimum Gasteiger partial charge on any atom is -0.383 e. The lowest BCUT2D eigenvalue weighted by Gasteiger charge is -2.30. The molecule has 2 aliphatic heterocycles. The highest BCUT2D eigenvalue weighted by atomic mass is 32.2. The Bertz CT molecular complexity index is 3850. The fourth-order valence-electron chi connectivity index (χ4n) is 10.7. The van der Waals surface area contributed by atoms with E-state index in [1.54, 1.807) is 61.5 Å². The fourth-order valence-corrected chi connectivity index (χ4v) is 13.8. The predicted octanol–water partition coefficient (Wildman–Crippen LogP) is 5.62. The molecule has 0 fully saturated rings. The van der Waals surface area contributed by atoms with E-state index in [0.29, 0.717) is 86.5 Å². The molecule has 0 saturated heterocycles. The van der Waals surface area contributed by atoms with Crippen molar-refractivity contribution < 1.29 is 97.9 Å². The van der Waals surface area contributed by atoms with Crippen molar-refractivity contribution in [2.45, 2.75) is 89.2 Å². The molecule has 0 aromatic heterocycles. The van der Waals surface area contributed by atoms with Gasteiger partial charge < -0.3 is 28.6 Å². The monoisotopic (exact) mass is 1270 g/mol. The first-order chi connectivity index (χ1) is 39.4. The van der Waals surface area contributed by atoms with Crippen LogP contribution in [0.3, 0.4) is 0 Å². The largest absolute Gasteiger partial charge is 0.383 e. The molecule has 6 rings (SSSR count). The number of hydrogen-bond acceptors (Lipinski definition) is 18. The maximum absolute atomic E-state index is 13.0. The first-order valence-corrected chi connectivity index (χ1v) is 33.7. The topological polar surface area (TPSA) is 379 Å². The molecular weight excluding hydrogens is 1200 g/mol. The Hall–Kier alpha value is -5.39. The van der Waals surface area contributed by atoms with Gasteiger partial charge in [0.15, 0.2) is 5.71 Å². The van der Waals surface area contributed by atoms with Crippen LogP contribution >= 0.6 is 0 Å². The molecule has 25 nitrogen and oxygen atoms in total. The molecule has 1 amide bonds.